The lowest BCUT2D eigenvalue weighted by atomic mass is 9.89. The summed E-state index contributed by atoms with van der Waals surface area (Å²) in [4.78, 5) is 8.67. The Morgan fingerprint density at radius 2 is 2.16 bits per heavy atom. The summed E-state index contributed by atoms with van der Waals surface area (Å²) >= 11 is 1.87. The van der Waals surface area contributed by atoms with Gasteiger partial charge in [-0.25, -0.2) is 4.98 Å². The van der Waals surface area contributed by atoms with E-state index in [1.165, 1.54) is 22.1 Å². The van der Waals surface area contributed by atoms with E-state index in [1.54, 1.807) is 0 Å². The summed E-state index contributed by atoms with van der Waals surface area (Å²) in [7, 11) is 0. The lowest BCUT2D eigenvalue weighted by molar-refractivity contribution is 0.324. The van der Waals surface area contributed by atoms with Crippen molar-refractivity contribution >= 4 is 16.5 Å². The number of hydrogen-bond donors (Lipinski definition) is 1. The van der Waals surface area contributed by atoms with Crippen molar-refractivity contribution in [3.8, 4) is 0 Å². The summed E-state index contributed by atoms with van der Waals surface area (Å²) in [5.74, 6) is 1.62. The molecule has 3 atom stereocenters. The van der Waals surface area contributed by atoms with Gasteiger partial charge in [-0.15, -0.1) is 11.3 Å². The Kier molecular flexibility index (Phi) is 4.85. The molecule has 0 amide bonds. The Morgan fingerprint density at radius 3 is 2.79 bits per heavy atom. The van der Waals surface area contributed by atoms with Crippen molar-refractivity contribution < 1.29 is 0 Å². The number of rotatable bonds is 4. The van der Waals surface area contributed by atoms with Gasteiger partial charge in [0.2, 0.25) is 0 Å². The smallest absolute Gasteiger partial charge is 0.185 e. The molecule has 3 unspecified atom stereocenters. The number of hydrogen-bond acceptors (Lipinski definition) is 4. The molecule has 1 fully saturated rings. The highest BCUT2D eigenvalue weighted by molar-refractivity contribution is 7.15. The summed E-state index contributed by atoms with van der Waals surface area (Å²) in [5, 5.41) is 4.71. The van der Waals surface area contributed by atoms with Crippen molar-refractivity contribution in [3.63, 3.8) is 0 Å². The first-order valence-corrected chi connectivity index (χ1v) is 8.30. The fourth-order valence-corrected chi connectivity index (χ4v) is 3.89. The fraction of sp³-hybridized carbons (Fsp3) is 0.800. The van der Waals surface area contributed by atoms with Gasteiger partial charge in [-0.1, -0.05) is 20.8 Å². The standard InChI is InChI=1S/C15H27N3S/c1-6-16-12(4)14-13(5)17-15(19-14)18-8-7-10(2)11(3)9-18/h10-12,16H,6-9H2,1-5H3. The molecule has 0 bridgehead atoms. The first-order chi connectivity index (χ1) is 9.02. The molecule has 0 radical (unpaired) electrons. The number of aryl methyl sites for hydroxylation is 1. The Hall–Kier alpha value is -0.610. The SMILES string of the molecule is CCNC(C)c1sc(N2CCC(C)C(C)C2)nc1C. The molecule has 1 N–H and O–H groups in total. The second-order valence-corrected chi connectivity index (χ2v) is 6.92. The van der Waals surface area contributed by atoms with Crippen LogP contribution in [0.2, 0.25) is 0 Å². The molecule has 2 heterocycles. The van der Waals surface area contributed by atoms with E-state index in [0.29, 0.717) is 6.04 Å². The number of anilines is 1. The second kappa shape index (κ2) is 6.23. The minimum atomic E-state index is 0.414. The second-order valence-electron chi connectivity index (χ2n) is 5.91. The number of piperidine rings is 1. The number of thiazole rings is 1. The normalized spacial score (nSPS) is 25.6. The third-order valence-corrected chi connectivity index (χ3v) is 5.73. The maximum atomic E-state index is 4.80. The molecule has 3 nitrogen and oxygen atoms in total. The van der Waals surface area contributed by atoms with Crippen LogP contribution in [0.15, 0.2) is 0 Å². The van der Waals surface area contributed by atoms with Crippen LogP contribution < -0.4 is 10.2 Å². The lowest BCUT2D eigenvalue weighted by Crippen LogP contribution is -2.38. The molecule has 0 spiro atoms. The van der Waals surface area contributed by atoms with Gasteiger partial charge in [-0.3, -0.25) is 0 Å². The van der Waals surface area contributed by atoms with Crippen LogP contribution in [0.3, 0.4) is 0 Å². The predicted molar refractivity (Wildman–Crippen MR) is 84.1 cm³/mol. The maximum Gasteiger partial charge on any atom is 0.185 e. The largest absolute Gasteiger partial charge is 0.348 e. The molecule has 1 aliphatic rings. The van der Waals surface area contributed by atoms with Crippen LogP contribution in [0, 0.1) is 18.8 Å². The Bertz CT molecular complexity index is 416. The van der Waals surface area contributed by atoms with Gasteiger partial charge in [0.1, 0.15) is 0 Å². The molecule has 1 aromatic heterocycles. The van der Waals surface area contributed by atoms with Crippen LogP contribution >= 0.6 is 11.3 Å². The van der Waals surface area contributed by atoms with Crippen LogP contribution in [-0.4, -0.2) is 24.6 Å². The Labute approximate surface area is 121 Å². The summed E-state index contributed by atoms with van der Waals surface area (Å²) in [6.07, 6.45) is 1.29. The molecule has 108 valence electrons. The fourth-order valence-electron chi connectivity index (χ4n) is 2.77. The van der Waals surface area contributed by atoms with E-state index in [-0.39, 0.29) is 0 Å². The average Bonchev–Trinajstić information content (AvgIpc) is 2.75. The van der Waals surface area contributed by atoms with E-state index in [2.05, 4.69) is 44.8 Å². The molecule has 0 saturated carbocycles. The third-order valence-electron chi connectivity index (χ3n) is 4.33. The molecule has 0 aromatic carbocycles. The molecule has 1 aliphatic heterocycles. The summed E-state index contributed by atoms with van der Waals surface area (Å²) < 4.78 is 0. The van der Waals surface area contributed by atoms with Crippen LogP contribution in [0.1, 0.15) is 50.7 Å². The highest BCUT2D eigenvalue weighted by Gasteiger charge is 2.25. The first kappa shape index (κ1) is 14.8. The first-order valence-electron chi connectivity index (χ1n) is 7.48. The Balaban J connectivity index is 2.11. The molecular weight excluding hydrogens is 254 g/mol. The van der Waals surface area contributed by atoms with Crippen LogP contribution in [0.4, 0.5) is 5.13 Å². The minimum Gasteiger partial charge on any atom is -0.348 e. The van der Waals surface area contributed by atoms with Crippen LogP contribution in [-0.2, 0) is 0 Å². The average molecular weight is 281 g/mol. The van der Waals surface area contributed by atoms with Crippen molar-refractivity contribution in [2.24, 2.45) is 11.8 Å². The van der Waals surface area contributed by atoms with Gasteiger partial charge >= 0.3 is 0 Å². The van der Waals surface area contributed by atoms with Gasteiger partial charge < -0.3 is 10.2 Å². The zero-order valence-electron chi connectivity index (χ0n) is 12.9. The van der Waals surface area contributed by atoms with E-state index in [0.717, 1.165) is 31.5 Å². The minimum absolute atomic E-state index is 0.414. The van der Waals surface area contributed by atoms with Gasteiger partial charge in [0.15, 0.2) is 5.13 Å². The van der Waals surface area contributed by atoms with Crippen molar-refractivity contribution in [2.45, 2.75) is 47.1 Å². The van der Waals surface area contributed by atoms with Crippen molar-refractivity contribution in [3.05, 3.63) is 10.6 Å². The number of nitrogens with one attached hydrogen (secondary N) is 1. The summed E-state index contributed by atoms with van der Waals surface area (Å²) in [6.45, 7) is 14.6. The monoisotopic (exact) mass is 281 g/mol. The highest BCUT2D eigenvalue weighted by atomic mass is 32.1. The molecule has 1 saturated heterocycles. The van der Waals surface area contributed by atoms with Gasteiger partial charge in [0, 0.05) is 24.0 Å². The van der Waals surface area contributed by atoms with Gasteiger partial charge in [0.05, 0.1) is 5.69 Å². The zero-order valence-corrected chi connectivity index (χ0v) is 13.7. The van der Waals surface area contributed by atoms with Gasteiger partial charge in [0.25, 0.3) is 0 Å². The molecule has 4 heteroatoms. The van der Waals surface area contributed by atoms with Crippen molar-refractivity contribution in [1.29, 1.82) is 0 Å². The van der Waals surface area contributed by atoms with E-state index in [9.17, 15) is 0 Å². The highest BCUT2D eigenvalue weighted by Crippen LogP contribution is 2.34. The van der Waals surface area contributed by atoms with Crippen LogP contribution in [0.5, 0.6) is 0 Å². The van der Waals surface area contributed by atoms with E-state index >= 15 is 0 Å². The summed E-state index contributed by atoms with van der Waals surface area (Å²) in [6, 6.07) is 0.414. The molecule has 19 heavy (non-hydrogen) atoms. The predicted octanol–water partition coefficient (Wildman–Crippen LogP) is 3.60. The summed E-state index contributed by atoms with van der Waals surface area (Å²) in [5.41, 5.74) is 1.19. The van der Waals surface area contributed by atoms with E-state index in [1.807, 2.05) is 11.3 Å². The zero-order chi connectivity index (χ0) is 14.0. The van der Waals surface area contributed by atoms with Crippen molar-refractivity contribution in [1.82, 2.24) is 10.3 Å². The van der Waals surface area contributed by atoms with Gasteiger partial charge in [-0.2, -0.15) is 0 Å². The number of aromatic nitrogens is 1. The topological polar surface area (TPSA) is 28.2 Å². The van der Waals surface area contributed by atoms with Crippen LogP contribution in [0.25, 0.3) is 0 Å². The van der Waals surface area contributed by atoms with Crippen molar-refractivity contribution in [2.75, 3.05) is 24.5 Å². The Morgan fingerprint density at radius 1 is 1.42 bits per heavy atom. The van der Waals surface area contributed by atoms with E-state index < -0.39 is 0 Å². The maximum absolute atomic E-state index is 4.80. The number of nitrogens with zero attached hydrogens (tertiary/aromatic N) is 2. The van der Waals surface area contributed by atoms with Gasteiger partial charge in [-0.05, 0) is 38.6 Å². The molecule has 1 aromatic rings. The molecule has 2 rings (SSSR count). The quantitative estimate of drug-likeness (QED) is 0.914. The molecular formula is C15H27N3S. The van der Waals surface area contributed by atoms with E-state index in [4.69, 9.17) is 4.98 Å². The third kappa shape index (κ3) is 3.29. The molecule has 0 aliphatic carbocycles. The lowest BCUT2D eigenvalue weighted by Gasteiger charge is -2.35.